The van der Waals surface area contributed by atoms with Crippen molar-refractivity contribution in [2.24, 2.45) is 11.8 Å². The molecule has 0 saturated heterocycles. The molecule has 0 fully saturated rings. The van der Waals surface area contributed by atoms with Crippen LogP contribution in [0, 0.1) is 11.8 Å². The summed E-state index contributed by atoms with van der Waals surface area (Å²) in [7, 11) is 0. The second-order valence-corrected chi connectivity index (χ2v) is 11.0. The number of carbonyl (C=O) groups is 2. The SMILES string of the molecule is CC(C)COc1ccccc1C(=O)N(CCN(C(=O)c1ccccc1OCC(C)C)c1ccccc1)c1ccccc1. The van der Waals surface area contributed by atoms with Gasteiger partial charge in [-0.05, 0) is 60.4 Å². The zero-order valence-corrected chi connectivity index (χ0v) is 24.9. The van der Waals surface area contributed by atoms with Gasteiger partial charge in [0.2, 0.25) is 0 Å². The van der Waals surface area contributed by atoms with Gasteiger partial charge in [0.15, 0.2) is 0 Å². The Kier molecular flexibility index (Phi) is 10.8. The Labute approximate surface area is 249 Å². The molecule has 0 aliphatic rings. The van der Waals surface area contributed by atoms with Crippen molar-refractivity contribution < 1.29 is 19.1 Å². The maximum absolute atomic E-state index is 14.1. The van der Waals surface area contributed by atoms with Gasteiger partial charge < -0.3 is 19.3 Å². The van der Waals surface area contributed by atoms with E-state index in [0.29, 0.717) is 47.7 Å². The van der Waals surface area contributed by atoms with Crippen molar-refractivity contribution in [2.75, 3.05) is 36.1 Å². The smallest absolute Gasteiger partial charge is 0.262 e. The van der Waals surface area contributed by atoms with E-state index < -0.39 is 0 Å². The first kappa shape index (κ1) is 30.4. The molecule has 4 rings (SSSR count). The first-order valence-corrected chi connectivity index (χ1v) is 14.5. The first-order chi connectivity index (χ1) is 20.3. The maximum Gasteiger partial charge on any atom is 0.262 e. The normalized spacial score (nSPS) is 10.9. The molecule has 0 aromatic heterocycles. The summed E-state index contributed by atoms with van der Waals surface area (Å²) in [5.74, 6) is 1.34. The number of hydrogen-bond acceptors (Lipinski definition) is 4. The van der Waals surface area contributed by atoms with Crippen LogP contribution in [-0.4, -0.2) is 38.1 Å². The molecule has 0 aliphatic heterocycles. The third-order valence-electron chi connectivity index (χ3n) is 6.55. The van der Waals surface area contributed by atoms with E-state index in [0.717, 1.165) is 11.4 Å². The fourth-order valence-electron chi connectivity index (χ4n) is 4.45. The number of para-hydroxylation sites is 4. The van der Waals surface area contributed by atoms with E-state index in [4.69, 9.17) is 9.47 Å². The van der Waals surface area contributed by atoms with Crippen LogP contribution in [0.2, 0.25) is 0 Å². The number of rotatable bonds is 13. The topological polar surface area (TPSA) is 59.1 Å². The molecule has 218 valence electrons. The van der Waals surface area contributed by atoms with Crippen LogP contribution in [0.3, 0.4) is 0 Å². The molecule has 6 nitrogen and oxygen atoms in total. The quantitative estimate of drug-likeness (QED) is 0.167. The fourth-order valence-corrected chi connectivity index (χ4v) is 4.45. The number of benzene rings is 4. The molecule has 6 heteroatoms. The minimum absolute atomic E-state index is 0.193. The molecule has 0 aliphatic carbocycles. The summed E-state index contributed by atoms with van der Waals surface area (Å²) in [6.45, 7) is 9.82. The Bertz CT molecular complexity index is 1330. The van der Waals surface area contributed by atoms with E-state index in [-0.39, 0.29) is 24.9 Å². The van der Waals surface area contributed by atoms with Gasteiger partial charge >= 0.3 is 0 Å². The summed E-state index contributed by atoms with van der Waals surface area (Å²) in [4.78, 5) is 31.7. The average molecular weight is 565 g/mol. The maximum atomic E-state index is 14.1. The predicted molar refractivity (Wildman–Crippen MR) is 170 cm³/mol. The van der Waals surface area contributed by atoms with Crippen LogP contribution >= 0.6 is 0 Å². The summed E-state index contributed by atoms with van der Waals surface area (Å²) in [5.41, 5.74) is 2.43. The van der Waals surface area contributed by atoms with Crippen molar-refractivity contribution in [1.29, 1.82) is 0 Å². The predicted octanol–water partition coefficient (Wildman–Crippen LogP) is 7.75. The summed E-state index contributed by atoms with van der Waals surface area (Å²) in [6, 6.07) is 33.7. The van der Waals surface area contributed by atoms with Crippen molar-refractivity contribution >= 4 is 23.2 Å². The minimum atomic E-state index is -0.193. The van der Waals surface area contributed by atoms with Crippen LogP contribution in [0.25, 0.3) is 0 Å². The Morgan fingerprint density at radius 1 is 0.524 bits per heavy atom. The summed E-state index contributed by atoms with van der Waals surface area (Å²) >= 11 is 0. The second-order valence-electron chi connectivity index (χ2n) is 11.0. The summed E-state index contributed by atoms with van der Waals surface area (Å²) < 4.78 is 12.0. The van der Waals surface area contributed by atoms with Gasteiger partial charge in [0.05, 0.1) is 24.3 Å². The lowest BCUT2D eigenvalue weighted by atomic mass is 10.1. The number of carbonyl (C=O) groups excluding carboxylic acids is 2. The van der Waals surface area contributed by atoms with E-state index in [1.165, 1.54) is 0 Å². The van der Waals surface area contributed by atoms with E-state index in [9.17, 15) is 9.59 Å². The molecule has 0 unspecified atom stereocenters. The molecule has 0 heterocycles. The zero-order valence-electron chi connectivity index (χ0n) is 24.9. The van der Waals surface area contributed by atoms with Gasteiger partial charge in [-0.2, -0.15) is 0 Å². The van der Waals surface area contributed by atoms with Gasteiger partial charge in [-0.25, -0.2) is 0 Å². The standard InChI is InChI=1S/C36H40N2O4/c1-27(2)25-41-33-21-13-11-19-31(33)35(39)37(29-15-7-5-8-16-29)23-24-38(30-17-9-6-10-18-30)36(40)32-20-12-14-22-34(32)42-26-28(3)4/h5-22,27-28H,23-26H2,1-4H3. The molecule has 0 spiro atoms. The van der Waals surface area contributed by atoms with E-state index in [1.807, 2.05) is 97.1 Å². The van der Waals surface area contributed by atoms with E-state index in [2.05, 4.69) is 27.7 Å². The Balaban J connectivity index is 1.67. The van der Waals surface area contributed by atoms with Gasteiger partial charge in [0, 0.05) is 24.5 Å². The van der Waals surface area contributed by atoms with Crippen LogP contribution in [0.1, 0.15) is 48.4 Å². The average Bonchev–Trinajstić information content (AvgIpc) is 3.01. The largest absolute Gasteiger partial charge is 0.492 e. The molecule has 42 heavy (non-hydrogen) atoms. The van der Waals surface area contributed by atoms with Gasteiger partial charge in [-0.15, -0.1) is 0 Å². The molecule has 0 saturated carbocycles. The molecule has 0 N–H and O–H groups in total. The van der Waals surface area contributed by atoms with Crippen LogP contribution < -0.4 is 19.3 Å². The van der Waals surface area contributed by atoms with Crippen molar-refractivity contribution in [1.82, 2.24) is 0 Å². The van der Waals surface area contributed by atoms with Crippen molar-refractivity contribution in [3.8, 4) is 11.5 Å². The van der Waals surface area contributed by atoms with Crippen LogP contribution in [0.4, 0.5) is 11.4 Å². The third-order valence-corrected chi connectivity index (χ3v) is 6.55. The second kappa shape index (κ2) is 14.9. The molecule has 0 bridgehead atoms. The third kappa shape index (κ3) is 8.00. The number of nitrogens with zero attached hydrogens (tertiary/aromatic N) is 2. The van der Waals surface area contributed by atoms with Crippen molar-refractivity contribution in [2.45, 2.75) is 27.7 Å². The van der Waals surface area contributed by atoms with E-state index in [1.54, 1.807) is 21.9 Å². The van der Waals surface area contributed by atoms with Gasteiger partial charge in [-0.3, -0.25) is 9.59 Å². The lowest BCUT2D eigenvalue weighted by molar-refractivity contribution is 0.0963. The molecular weight excluding hydrogens is 524 g/mol. The van der Waals surface area contributed by atoms with Crippen LogP contribution in [-0.2, 0) is 0 Å². The molecule has 0 atom stereocenters. The Morgan fingerprint density at radius 2 is 0.857 bits per heavy atom. The van der Waals surface area contributed by atoms with Crippen LogP contribution in [0.5, 0.6) is 11.5 Å². The molecule has 0 radical (unpaired) electrons. The van der Waals surface area contributed by atoms with Crippen LogP contribution in [0.15, 0.2) is 109 Å². The highest BCUT2D eigenvalue weighted by atomic mass is 16.5. The van der Waals surface area contributed by atoms with Gasteiger partial charge in [0.25, 0.3) is 11.8 Å². The van der Waals surface area contributed by atoms with Crippen molar-refractivity contribution in [3.05, 3.63) is 120 Å². The lowest BCUT2D eigenvalue weighted by Gasteiger charge is -2.29. The lowest BCUT2D eigenvalue weighted by Crippen LogP contribution is -2.41. The zero-order chi connectivity index (χ0) is 29.9. The monoisotopic (exact) mass is 564 g/mol. The first-order valence-electron chi connectivity index (χ1n) is 14.5. The summed E-state index contributed by atoms with van der Waals surface area (Å²) in [6.07, 6.45) is 0. The molecule has 2 amide bonds. The highest BCUT2D eigenvalue weighted by Gasteiger charge is 2.26. The molecule has 4 aromatic rings. The minimum Gasteiger partial charge on any atom is -0.492 e. The highest BCUT2D eigenvalue weighted by Crippen LogP contribution is 2.27. The number of anilines is 2. The number of hydrogen-bond donors (Lipinski definition) is 0. The highest BCUT2D eigenvalue weighted by molar-refractivity contribution is 6.09. The summed E-state index contributed by atoms with van der Waals surface area (Å²) in [5, 5.41) is 0. The Morgan fingerprint density at radius 3 is 1.21 bits per heavy atom. The number of ether oxygens (including phenoxy) is 2. The molecule has 4 aromatic carbocycles. The van der Waals surface area contributed by atoms with E-state index >= 15 is 0 Å². The Hall–Kier alpha value is -4.58. The van der Waals surface area contributed by atoms with Gasteiger partial charge in [-0.1, -0.05) is 88.4 Å². The van der Waals surface area contributed by atoms with Crippen molar-refractivity contribution in [3.63, 3.8) is 0 Å². The van der Waals surface area contributed by atoms with Gasteiger partial charge in [0.1, 0.15) is 11.5 Å². The fraction of sp³-hybridized carbons (Fsp3) is 0.278. The molecular formula is C36H40N2O4. The number of amides is 2.